The molecule has 1 aromatic heterocycles. The minimum absolute atomic E-state index is 0.00310. The van der Waals surface area contributed by atoms with Gasteiger partial charge in [-0.2, -0.15) is 5.10 Å². The lowest BCUT2D eigenvalue weighted by Gasteiger charge is -2.12. The highest BCUT2D eigenvalue weighted by atomic mass is 16.5. The number of nitrogens with zero attached hydrogens (tertiary/aromatic N) is 2. The van der Waals surface area contributed by atoms with Gasteiger partial charge in [0.2, 0.25) is 0 Å². The van der Waals surface area contributed by atoms with Crippen molar-refractivity contribution < 1.29 is 9.53 Å². The molecule has 0 aliphatic carbocycles. The molecule has 4 nitrogen and oxygen atoms in total. The Kier molecular flexibility index (Phi) is 3.65. The molecular weight excluding hydrogens is 228 g/mol. The Bertz CT molecular complexity index is 560. The molecule has 0 aliphatic heterocycles. The molecule has 2 rings (SSSR count). The van der Waals surface area contributed by atoms with E-state index in [4.69, 9.17) is 4.74 Å². The van der Waals surface area contributed by atoms with Gasteiger partial charge >= 0.3 is 5.97 Å². The number of fused-ring (bicyclic) bond motifs is 1. The lowest BCUT2D eigenvalue weighted by atomic mass is 10.1. The number of benzene rings is 1. The van der Waals surface area contributed by atoms with Crippen LogP contribution in [-0.4, -0.2) is 22.4 Å². The zero-order valence-electron chi connectivity index (χ0n) is 11.0. The van der Waals surface area contributed by atoms with Gasteiger partial charge in [0.25, 0.3) is 0 Å². The van der Waals surface area contributed by atoms with Crippen molar-refractivity contribution in [1.82, 2.24) is 9.78 Å². The molecule has 0 N–H and O–H groups in total. The normalized spacial score (nSPS) is 12.6. The van der Waals surface area contributed by atoms with Crippen molar-refractivity contribution in [3.8, 4) is 0 Å². The minimum atomic E-state index is -0.179. The summed E-state index contributed by atoms with van der Waals surface area (Å²) in [5.41, 5.74) is 2.25. The van der Waals surface area contributed by atoms with Gasteiger partial charge in [-0.1, -0.05) is 12.1 Å². The highest BCUT2D eigenvalue weighted by molar-refractivity contribution is 5.79. The summed E-state index contributed by atoms with van der Waals surface area (Å²) in [6, 6.07) is 6.20. The molecule has 1 heterocycles. The number of carbonyl (C=O) groups is 1. The number of aromatic nitrogens is 2. The van der Waals surface area contributed by atoms with Gasteiger partial charge in [-0.25, -0.2) is 0 Å². The Morgan fingerprint density at radius 2 is 2.28 bits per heavy atom. The van der Waals surface area contributed by atoms with Crippen molar-refractivity contribution in [1.29, 1.82) is 0 Å². The first-order valence-electron chi connectivity index (χ1n) is 6.21. The van der Waals surface area contributed by atoms with Crippen LogP contribution in [0.5, 0.6) is 0 Å². The topological polar surface area (TPSA) is 44.1 Å². The smallest absolute Gasteiger partial charge is 0.307 e. The van der Waals surface area contributed by atoms with Gasteiger partial charge in [0, 0.05) is 5.39 Å². The summed E-state index contributed by atoms with van der Waals surface area (Å²) in [7, 11) is 0. The first-order chi connectivity index (χ1) is 8.61. The Hall–Kier alpha value is -1.84. The molecule has 0 saturated carbocycles. The number of carbonyl (C=O) groups excluding carboxylic acids is 1. The second-order valence-electron chi connectivity index (χ2n) is 4.51. The Morgan fingerprint density at radius 1 is 1.50 bits per heavy atom. The summed E-state index contributed by atoms with van der Waals surface area (Å²) in [5, 5.41) is 5.45. The third-order valence-electron chi connectivity index (χ3n) is 2.94. The summed E-state index contributed by atoms with van der Waals surface area (Å²) >= 11 is 0. The average Bonchev–Trinajstić information content (AvgIpc) is 2.71. The summed E-state index contributed by atoms with van der Waals surface area (Å²) in [6.45, 7) is 6.26. The molecule has 4 heteroatoms. The van der Waals surface area contributed by atoms with Gasteiger partial charge in [-0.3, -0.25) is 9.48 Å². The molecule has 0 bridgehead atoms. The maximum Gasteiger partial charge on any atom is 0.307 e. The molecule has 96 valence electrons. The molecule has 0 saturated heterocycles. The van der Waals surface area contributed by atoms with Crippen LogP contribution in [0.2, 0.25) is 0 Å². The van der Waals surface area contributed by atoms with Gasteiger partial charge in [-0.05, 0) is 32.4 Å². The highest BCUT2D eigenvalue weighted by Crippen LogP contribution is 2.21. The van der Waals surface area contributed by atoms with Crippen molar-refractivity contribution in [3.63, 3.8) is 0 Å². The fourth-order valence-electron chi connectivity index (χ4n) is 2.05. The van der Waals surface area contributed by atoms with E-state index in [0.29, 0.717) is 13.0 Å². The van der Waals surface area contributed by atoms with Crippen LogP contribution in [0.25, 0.3) is 10.9 Å². The average molecular weight is 246 g/mol. The van der Waals surface area contributed by atoms with Gasteiger partial charge in [0.05, 0.1) is 30.8 Å². The van der Waals surface area contributed by atoms with E-state index >= 15 is 0 Å². The van der Waals surface area contributed by atoms with E-state index in [1.54, 1.807) is 0 Å². The predicted octanol–water partition coefficient (Wildman–Crippen LogP) is 2.86. The molecule has 2 aromatic rings. The van der Waals surface area contributed by atoms with Crippen LogP contribution in [0.3, 0.4) is 0 Å². The van der Waals surface area contributed by atoms with Crippen molar-refractivity contribution in [3.05, 3.63) is 30.0 Å². The van der Waals surface area contributed by atoms with E-state index in [9.17, 15) is 4.79 Å². The van der Waals surface area contributed by atoms with Crippen LogP contribution < -0.4 is 0 Å². The van der Waals surface area contributed by atoms with Gasteiger partial charge in [-0.15, -0.1) is 0 Å². The standard InChI is InChI=1S/C14H18N2O2/c1-4-18-14(17)8-11(3)16-13-7-10(2)5-6-12(13)9-15-16/h5-7,9,11H,4,8H2,1-3H3. The Morgan fingerprint density at radius 3 is 3.00 bits per heavy atom. The van der Waals surface area contributed by atoms with Crippen molar-refractivity contribution in [2.75, 3.05) is 6.61 Å². The van der Waals surface area contributed by atoms with E-state index in [1.807, 2.05) is 37.7 Å². The molecule has 1 atom stereocenters. The van der Waals surface area contributed by atoms with Crippen LogP contribution in [0, 0.1) is 6.92 Å². The summed E-state index contributed by atoms with van der Waals surface area (Å²) in [4.78, 5) is 11.5. The fraction of sp³-hybridized carbons (Fsp3) is 0.429. The molecular formula is C14H18N2O2. The second kappa shape index (κ2) is 5.21. The predicted molar refractivity (Wildman–Crippen MR) is 70.4 cm³/mol. The van der Waals surface area contributed by atoms with Gasteiger partial charge in [0.1, 0.15) is 0 Å². The monoisotopic (exact) mass is 246 g/mol. The summed E-state index contributed by atoms with van der Waals surface area (Å²) in [5.74, 6) is -0.179. The maximum absolute atomic E-state index is 11.5. The number of hydrogen-bond acceptors (Lipinski definition) is 3. The molecule has 1 unspecified atom stereocenters. The van der Waals surface area contributed by atoms with E-state index in [0.717, 1.165) is 10.9 Å². The van der Waals surface area contributed by atoms with Crippen molar-refractivity contribution in [2.45, 2.75) is 33.2 Å². The van der Waals surface area contributed by atoms with Crippen LogP contribution in [0.1, 0.15) is 31.9 Å². The number of aryl methyl sites for hydroxylation is 1. The third-order valence-corrected chi connectivity index (χ3v) is 2.94. The van der Waals surface area contributed by atoms with E-state index in [2.05, 4.69) is 17.2 Å². The first-order valence-corrected chi connectivity index (χ1v) is 6.21. The van der Waals surface area contributed by atoms with Crippen LogP contribution in [0.15, 0.2) is 24.4 Å². The van der Waals surface area contributed by atoms with Crippen LogP contribution in [-0.2, 0) is 9.53 Å². The van der Waals surface area contributed by atoms with Gasteiger partial charge < -0.3 is 4.74 Å². The molecule has 0 spiro atoms. The van der Waals surface area contributed by atoms with E-state index in [-0.39, 0.29) is 12.0 Å². The second-order valence-corrected chi connectivity index (χ2v) is 4.51. The zero-order valence-corrected chi connectivity index (χ0v) is 11.0. The van der Waals surface area contributed by atoms with E-state index < -0.39 is 0 Å². The number of esters is 1. The number of hydrogen-bond donors (Lipinski definition) is 0. The highest BCUT2D eigenvalue weighted by Gasteiger charge is 2.14. The largest absolute Gasteiger partial charge is 0.466 e. The summed E-state index contributed by atoms with van der Waals surface area (Å²) < 4.78 is 6.85. The molecule has 18 heavy (non-hydrogen) atoms. The molecule has 0 amide bonds. The maximum atomic E-state index is 11.5. The third kappa shape index (κ3) is 2.53. The van der Waals surface area contributed by atoms with Crippen LogP contribution >= 0.6 is 0 Å². The zero-order chi connectivity index (χ0) is 13.1. The first kappa shape index (κ1) is 12.6. The number of rotatable bonds is 4. The lowest BCUT2D eigenvalue weighted by molar-refractivity contribution is -0.143. The van der Waals surface area contributed by atoms with Crippen molar-refractivity contribution >= 4 is 16.9 Å². The molecule has 0 fully saturated rings. The van der Waals surface area contributed by atoms with Gasteiger partial charge in [0.15, 0.2) is 0 Å². The quantitative estimate of drug-likeness (QED) is 0.779. The Labute approximate surface area is 107 Å². The lowest BCUT2D eigenvalue weighted by Crippen LogP contribution is -2.14. The molecule has 0 radical (unpaired) electrons. The van der Waals surface area contributed by atoms with Crippen LogP contribution in [0.4, 0.5) is 0 Å². The molecule has 1 aromatic carbocycles. The summed E-state index contributed by atoms with van der Waals surface area (Å²) in [6.07, 6.45) is 2.18. The molecule has 0 aliphatic rings. The number of ether oxygens (including phenoxy) is 1. The van der Waals surface area contributed by atoms with Crippen molar-refractivity contribution in [2.24, 2.45) is 0 Å². The Balaban J connectivity index is 2.24. The van der Waals surface area contributed by atoms with E-state index in [1.165, 1.54) is 5.56 Å². The fourth-order valence-corrected chi connectivity index (χ4v) is 2.05. The SMILES string of the molecule is CCOC(=O)CC(C)n1ncc2ccc(C)cc21. The minimum Gasteiger partial charge on any atom is -0.466 e.